The highest BCUT2D eigenvalue weighted by Gasteiger charge is 2.33. The van der Waals surface area contributed by atoms with Crippen LogP contribution in [0.25, 0.3) is 0 Å². The van der Waals surface area contributed by atoms with Crippen molar-refractivity contribution in [3.8, 4) is 17.2 Å². The number of anilines is 1. The normalized spacial score (nSPS) is 11.7. The van der Waals surface area contributed by atoms with Gasteiger partial charge in [-0.2, -0.15) is 0 Å². The number of hydrogen-bond acceptors (Lipinski definition) is 5. The number of alkyl halides is 3. The van der Waals surface area contributed by atoms with Crippen LogP contribution in [0.3, 0.4) is 0 Å². The first kappa shape index (κ1) is 18.7. The largest absolute Gasteiger partial charge is 0.573 e. The molecular formula is C15H14F3NO5S. The number of benzene rings is 2. The highest BCUT2D eigenvalue weighted by Crippen LogP contribution is 2.34. The van der Waals surface area contributed by atoms with Gasteiger partial charge in [-0.05, 0) is 24.3 Å². The van der Waals surface area contributed by atoms with E-state index in [2.05, 4.69) is 9.46 Å². The second kappa shape index (κ2) is 7.09. The number of rotatable bonds is 6. The van der Waals surface area contributed by atoms with Gasteiger partial charge in [0.1, 0.15) is 16.4 Å². The zero-order chi connectivity index (χ0) is 18.7. The monoisotopic (exact) mass is 377 g/mol. The van der Waals surface area contributed by atoms with Gasteiger partial charge in [0.15, 0.2) is 5.75 Å². The van der Waals surface area contributed by atoms with Gasteiger partial charge in [0.05, 0.1) is 19.9 Å². The first-order valence-electron chi connectivity index (χ1n) is 6.76. The molecule has 136 valence electrons. The topological polar surface area (TPSA) is 73.9 Å². The summed E-state index contributed by atoms with van der Waals surface area (Å²) in [6, 6.07) is 8.83. The molecule has 0 aromatic heterocycles. The molecule has 2 aromatic rings. The predicted molar refractivity (Wildman–Crippen MR) is 83.5 cm³/mol. The minimum Gasteiger partial charge on any atom is -0.497 e. The van der Waals surface area contributed by atoms with Crippen molar-refractivity contribution in [3.05, 3.63) is 42.5 Å². The van der Waals surface area contributed by atoms with Gasteiger partial charge in [-0.15, -0.1) is 13.2 Å². The summed E-state index contributed by atoms with van der Waals surface area (Å²) >= 11 is 0. The summed E-state index contributed by atoms with van der Waals surface area (Å²) in [5.41, 5.74) is -0.371. The van der Waals surface area contributed by atoms with Crippen LogP contribution < -0.4 is 18.9 Å². The van der Waals surface area contributed by atoms with Gasteiger partial charge in [-0.25, -0.2) is 8.42 Å². The van der Waals surface area contributed by atoms with Crippen molar-refractivity contribution in [1.82, 2.24) is 0 Å². The number of hydrogen-bond donors (Lipinski definition) is 1. The third kappa shape index (κ3) is 4.69. The van der Waals surface area contributed by atoms with Gasteiger partial charge in [0, 0.05) is 6.07 Å². The summed E-state index contributed by atoms with van der Waals surface area (Å²) in [5.74, 6) is -0.441. The number of para-hydroxylation sites is 2. The molecule has 2 rings (SSSR count). The van der Waals surface area contributed by atoms with Crippen molar-refractivity contribution in [1.29, 1.82) is 0 Å². The van der Waals surface area contributed by atoms with Crippen molar-refractivity contribution in [2.24, 2.45) is 0 Å². The Morgan fingerprint density at radius 1 is 0.960 bits per heavy atom. The maximum Gasteiger partial charge on any atom is 0.573 e. The number of sulfonamides is 1. The van der Waals surface area contributed by atoms with E-state index in [4.69, 9.17) is 9.47 Å². The molecule has 6 nitrogen and oxygen atoms in total. The maximum absolute atomic E-state index is 12.6. The molecule has 0 bridgehead atoms. The molecule has 0 unspecified atom stereocenters. The van der Waals surface area contributed by atoms with Crippen molar-refractivity contribution >= 4 is 15.7 Å². The van der Waals surface area contributed by atoms with Crippen LogP contribution in [0.5, 0.6) is 17.2 Å². The number of halogens is 3. The minimum absolute atomic E-state index is 0.00233. The lowest BCUT2D eigenvalue weighted by atomic mass is 10.3. The Bertz CT molecular complexity index is 852. The average Bonchev–Trinajstić information content (AvgIpc) is 2.54. The Morgan fingerprint density at radius 2 is 1.64 bits per heavy atom. The van der Waals surface area contributed by atoms with Gasteiger partial charge in [0.2, 0.25) is 0 Å². The number of methoxy groups -OCH3 is 2. The van der Waals surface area contributed by atoms with Gasteiger partial charge in [0.25, 0.3) is 10.0 Å². The predicted octanol–water partition coefficient (Wildman–Crippen LogP) is 3.40. The van der Waals surface area contributed by atoms with E-state index in [0.717, 1.165) is 12.1 Å². The average molecular weight is 377 g/mol. The van der Waals surface area contributed by atoms with E-state index in [1.807, 2.05) is 0 Å². The summed E-state index contributed by atoms with van der Waals surface area (Å²) in [4.78, 5) is -0.295. The smallest absolute Gasteiger partial charge is 0.497 e. The SMILES string of the molecule is COc1ccc(OC)c(S(=O)(=O)Nc2ccccc2OC(F)(F)F)c1. The van der Waals surface area contributed by atoms with E-state index in [1.54, 1.807) is 0 Å². The first-order chi connectivity index (χ1) is 11.7. The molecule has 0 aliphatic carbocycles. The van der Waals surface area contributed by atoms with E-state index in [9.17, 15) is 21.6 Å². The van der Waals surface area contributed by atoms with Crippen molar-refractivity contribution < 1.29 is 35.8 Å². The van der Waals surface area contributed by atoms with Crippen LogP contribution in [0.1, 0.15) is 0 Å². The highest BCUT2D eigenvalue weighted by atomic mass is 32.2. The number of ether oxygens (including phenoxy) is 3. The zero-order valence-corrected chi connectivity index (χ0v) is 13.9. The van der Waals surface area contributed by atoms with Crippen LogP contribution in [0.2, 0.25) is 0 Å². The van der Waals surface area contributed by atoms with E-state index in [1.165, 1.54) is 44.6 Å². The lowest BCUT2D eigenvalue weighted by Gasteiger charge is -2.16. The van der Waals surface area contributed by atoms with Crippen LogP contribution in [0.15, 0.2) is 47.4 Å². The summed E-state index contributed by atoms with van der Waals surface area (Å²) in [5, 5.41) is 0. The molecule has 0 saturated carbocycles. The molecule has 0 spiro atoms. The molecule has 0 heterocycles. The van der Waals surface area contributed by atoms with E-state index in [0.29, 0.717) is 0 Å². The maximum atomic E-state index is 12.6. The third-order valence-corrected chi connectivity index (χ3v) is 4.40. The Balaban J connectivity index is 2.44. The second-order valence-corrected chi connectivity index (χ2v) is 6.32. The fraction of sp³-hybridized carbons (Fsp3) is 0.200. The van der Waals surface area contributed by atoms with Crippen molar-refractivity contribution in [2.75, 3.05) is 18.9 Å². The molecule has 0 atom stereocenters. The molecule has 10 heteroatoms. The summed E-state index contributed by atoms with van der Waals surface area (Å²) in [7, 11) is -1.66. The van der Waals surface area contributed by atoms with Gasteiger partial charge in [-0.3, -0.25) is 4.72 Å². The van der Waals surface area contributed by atoms with Crippen LogP contribution in [-0.2, 0) is 10.0 Å². The van der Waals surface area contributed by atoms with E-state index in [-0.39, 0.29) is 22.1 Å². The zero-order valence-electron chi connectivity index (χ0n) is 13.1. The van der Waals surface area contributed by atoms with E-state index >= 15 is 0 Å². The fourth-order valence-corrected chi connectivity index (χ4v) is 3.21. The Hall–Kier alpha value is -2.62. The molecule has 0 fully saturated rings. The Kier molecular flexibility index (Phi) is 5.31. The molecule has 2 aromatic carbocycles. The van der Waals surface area contributed by atoms with Gasteiger partial charge >= 0.3 is 6.36 Å². The summed E-state index contributed by atoms with van der Waals surface area (Å²) < 4.78 is 78.4. The van der Waals surface area contributed by atoms with E-state index < -0.39 is 22.1 Å². The summed E-state index contributed by atoms with van der Waals surface area (Å²) in [6.45, 7) is 0. The quantitative estimate of drug-likeness (QED) is 0.835. The lowest BCUT2D eigenvalue weighted by Crippen LogP contribution is -2.20. The number of nitrogens with one attached hydrogen (secondary N) is 1. The molecular weight excluding hydrogens is 363 g/mol. The molecule has 0 aliphatic rings. The first-order valence-corrected chi connectivity index (χ1v) is 8.24. The fourth-order valence-electron chi connectivity index (χ4n) is 1.96. The van der Waals surface area contributed by atoms with Crippen LogP contribution in [0, 0.1) is 0 Å². The standard InChI is InChI=1S/C15H14F3NO5S/c1-22-10-7-8-13(23-2)14(9-10)25(20,21)19-11-5-3-4-6-12(11)24-15(16,17)18/h3-9,19H,1-2H3. The van der Waals surface area contributed by atoms with Crippen molar-refractivity contribution in [2.45, 2.75) is 11.3 Å². The Labute approximate surface area is 142 Å². The minimum atomic E-state index is -4.96. The molecule has 0 saturated heterocycles. The molecule has 0 radical (unpaired) electrons. The van der Waals surface area contributed by atoms with Crippen molar-refractivity contribution in [3.63, 3.8) is 0 Å². The second-order valence-electron chi connectivity index (χ2n) is 4.67. The molecule has 25 heavy (non-hydrogen) atoms. The molecule has 0 amide bonds. The highest BCUT2D eigenvalue weighted by molar-refractivity contribution is 7.92. The summed E-state index contributed by atoms with van der Waals surface area (Å²) in [6.07, 6.45) is -4.96. The molecule has 0 aliphatic heterocycles. The van der Waals surface area contributed by atoms with Crippen LogP contribution >= 0.6 is 0 Å². The van der Waals surface area contributed by atoms with Crippen LogP contribution in [0.4, 0.5) is 18.9 Å². The van der Waals surface area contributed by atoms with Gasteiger partial charge in [-0.1, -0.05) is 12.1 Å². The lowest BCUT2D eigenvalue weighted by molar-refractivity contribution is -0.274. The Morgan fingerprint density at radius 3 is 2.24 bits per heavy atom. The van der Waals surface area contributed by atoms with Crippen LogP contribution in [-0.4, -0.2) is 29.0 Å². The third-order valence-electron chi connectivity index (χ3n) is 3.02. The van der Waals surface area contributed by atoms with Gasteiger partial charge < -0.3 is 14.2 Å². The molecule has 1 N–H and O–H groups in total.